The summed E-state index contributed by atoms with van der Waals surface area (Å²) in [5.41, 5.74) is 0. The number of nitrogens with zero attached hydrogens (tertiary/aromatic N) is 1. The van der Waals surface area contributed by atoms with Crippen molar-refractivity contribution in [2.75, 3.05) is 24.3 Å². The summed E-state index contributed by atoms with van der Waals surface area (Å²) in [5, 5.41) is 8.41. The van der Waals surface area contributed by atoms with Gasteiger partial charge in [-0.25, -0.2) is 13.2 Å². The Morgan fingerprint density at radius 1 is 1.53 bits per heavy atom. The Morgan fingerprint density at radius 2 is 2.26 bits per heavy atom. The largest absolute Gasteiger partial charge is 0.477 e. The summed E-state index contributed by atoms with van der Waals surface area (Å²) in [6, 6.07) is 3.33. The molecule has 1 aromatic rings. The van der Waals surface area contributed by atoms with Gasteiger partial charge in [-0.15, -0.1) is 11.3 Å². The first-order valence-corrected chi connectivity index (χ1v) is 9.63. The lowest BCUT2D eigenvalue weighted by molar-refractivity contribution is 0.0702. The molecule has 0 aromatic carbocycles. The molecule has 0 bridgehead atoms. The molecular formula is C11H15NO4S3. The number of rotatable bonds is 4. The van der Waals surface area contributed by atoms with Crippen LogP contribution in [0.25, 0.3) is 0 Å². The van der Waals surface area contributed by atoms with Crippen LogP contribution in [0.3, 0.4) is 0 Å². The van der Waals surface area contributed by atoms with Crippen LogP contribution in [-0.4, -0.2) is 54.1 Å². The topological polar surface area (TPSA) is 74.7 Å². The molecule has 2 heterocycles. The number of thiophene rings is 1. The van der Waals surface area contributed by atoms with Crippen molar-refractivity contribution in [2.24, 2.45) is 0 Å². The zero-order valence-corrected chi connectivity index (χ0v) is 12.9. The first-order valence-electron chi connectivity index (χ1n) is 5.70. The van der Waals surface area contributed by atoms with E-state index in [2.05, 4.69) is 0 Å². The zero-order valence-electron chi connectivity index (χ0n) is 10.4. The van der Waals surface area contributed by atoms with E-state index in [0.717, 1.165) is 10.6 Å². The maximum Gasteiger partial charge on any atom is 0.345 e. The molecule has 1 fully saturated rings. The summed E-state index contributed by atoms with van der Waals surface area (Å²) >= 11 is 2.85. The number of aromatic carboxylic acids is 1. The maximum absolute atomic E-state index is 11.8. The number of hydrogen-bond acceptors (Lipinski definition) is 6. The average molecular weight is 321 g/mol. The lowest BCUT2D eigenvalue weighted by atomic mass is 10.4. The first-order chi connectivity index (χ1) is 8.88. The van der Waals surface area contributed by atoms with E-state index in [4.69, 9.17) is 5.11 Å². The van der Waals surface area contributed by atoms with Crippen LogP contribution in [0, 0.1) is 0 Å². The van der Waals surface area contributed by atoms with Gasteiger partial charge in [0, 0.05) is 35.7 Å². The van der Waals surface area contributed by atoms with Crippen LogP contribution in [0.2, 0.25) is 0 Å². The predicted octanol–water partition coefficient (Wildman–Crippen LogP) is 1.37. The minimum Gasteiger partial charge on any atom is -0.477 e. The third kappa shape index (κ3) is 3.71. The Hall–Kier alpha value is -0.570. The van der Waals surface area contributed by atoms with Crippen molar-refractivity contribution in [3.05, 3.63) is 21.9 Å². The van der Waals surface area contributed by atoms with Gasteiger partial charge in [0.1, 0.15) is 10.3 Å². The summed E-state index contributed by atoms with van der Waals surface area (Å²) in [6.07, 6.45) is 1.26. The van der Waals surface area contributed by atoms with Crippen molar-refractivity contribution in [2.45, 2.75) is 11.9 Å². The maximum atomic E-state index is 11.8. The molecule has 1 atom stereocenters. The Balaban J connectivity index is 2.13. The van der Waals surface area contributed by atoms with Crippen molar-refractivity contribution in [3.8, 4) is 0 Å². The summed E-state index contributed by atoms with van der Waals surface area (Å²) in [5.74, 6) is 0.546. The second-order valence-electron chi connectivity index (χ2n) is 4.40. The molecule has 1 N–H and O–H groups in total. The van der Waals surface area contributed by atoms with Crippen LogP contribution in [0.5, 0.6) is 0 Å². The molecule has 19 heavy (non-hydrogen) atoms. The van der Waals surface area contributed by atoms with E-state index in [1.165, 1.54) is 17.6 Å². The second kappa shape index (κ2) is 5.82. The first kappa shape index (κ1) is 14.8. The molecule has 1 aromatic heterocycles. The lowest BCUT2D eigenvalue weighted by Crippen LogP contribution is -2.46. The van der Waals surface area contributed by atoms with E-state index in [-0.39, 0.29) is 4.88 Å². The summed E-state index contributed by atoms with van der Waals surface area (Å²) in [6.45, 7) is 1.21. The molecule has 1 aliphatic rings. The molecule has 2 rings (SSSR count). The molecular weight excluding hydrogens is 306 g/mol. The fraction of sp³-hybridized carbons (Fsp3) is 0.545. The van der Waals surface area contributed by atoms with E-state index >= 15 is 0 Å². The lowest BCUT2D eigenvalue weighted by Gasteiger charge is -2.33. The third-order valence-corrected chi connectivity index (χ3v) is 6.66. The Morgan fingerprint density at radius 3 is 2.84 bits per heavy atom. The zero-order chi connectivity index (χ0) is 14.0. The SMILES string of the molecule is CS(=O)(=O)C1CSCCN1Cc1ccc(C(=O)O)s1. The van der Waals surface area contributed by atoms with Crippen LogP contribution in [0.1, 0.15) is 14.5 Å². The quantitative estimate of drug-likeness (QED) is 0.903. The average Bonchev–Trinajstić information content (AvgIpc) is 2.77. The summed E-state index contributed by atoms with van der Waals surface area (Å²) in [7, 11) is -3.11. The number of carbonyl (C=O) groups is 1. The minimum atomic E-state index is -3.11. The third-order valence-electron chi connectivity index (χ3n) is 2.92. The Kier molecular flexibility index (Phi) is 4.54. The van der Waals surface area contributed by atoms with Crippen LogP contribution in [0.15, 0.2) is 12.1 Å². The van der Waals surface area contributed by atoms with Gasteiger partial charge in [-0.2, -0.15) is 11.8 Å². The van der Waals surface area contributed by atoms with Crippen LogP contribution in [0.4, 0.5) is 0 Å². The second-order valence-corrected chi connectivity index (χ2v) is 8.92. The van der Waals surface area contributed by atoms with Crippen molar-refractivity contribution >= 4 is 38.9 Å². The molecule has 5 nitrogen and oxygen atoms in total. The normalized spacial score (nSPS) is 21.4. The van der Waals surface area contributed by atoms with Gasteiger partial charge < -0.3 is 5.11 Å². The monoisotopic (exact) mass is 321 g/mol. The minimum absolute atomic E-state index is 0.289. The highest BCUT2D eigenvalue weighted by Crippen LogP contribution is 2.25. The number of carboxylic acid groups (broad SMARTS) is 1. The van der Waals surface area contributed by atoms with E-state index in [1.807, 2.05) is 4.90 Å². The Bertz CT molecular complexity index is 566. The van der Waals surface area contributed by atoms with Crippen molar-refractivity contribution in [1.29, 1.82) is 0 Å². The van der Waals surface area contributed by atoms with Gasteiger partial charge >= 0.3 is 5.97 Å². The van der Waals surface area contributed by atoms with Crippen LogP contribution in [-0.2, 0) is 16.4 Å². The number of thioether (sulfide) groups is 1. The van der Waals surface area contributed by atoms with Crippen LogP contribution >= 0.6 is 23.1 Å². The van der Waals surface area contributed by atoms with E-state index in [9.17, 15) is 13.2 Å². The Labute approximate surface area is 120 Å². The molecule has 106 valence electrons. The summed E-state index contributed by atoms with van der Waals surface area (Å²) in [4.78, 5) is 13.9. The highest BCUT2D eigenvalue weighted by atomic mass is 32.2. The fourth-order valence-corrected chi connectivity index (χ4v) is 5.78. The smallest absolute Gasteiger partial charge is 0.345 e. The molecule has 0 radical (unpaired) electrons. The highest BCUT2D eigenvalue weighted by Gasteiger charge is 2.31. The molecule has 0 aliphatic carbocycles. The molecule has 0 amide bonds. The van der Waals surface area contributed by atoms with Crippen molar-refractivity contribution in [3.63, 3.8) is 0 Å². The van der Waals surface area contributed by atoms with Gasteiger partial charge in [0.05, 0.1) is 0 Å². The molecule has 0 saturated carbocycles. The molecule has 0 spiro atoms. The summed E-state index contributed by atoms with van der Waals surface area (Å²) < 4.78 is 23.5. The van der Waals surface area contributed by atoms with E-state index < -0.39 is 21.2 Å². The number of carboxylic acids is 1. The van der Waals surface area contributed by atoms with Gasteiger partial charge in [-0.05, 0) is 12.1 Å². The van der Waals surface area contributed by atoms with Gasteiger partial charge in [0.15, 0.2) is 9.84 Å². The molecule has 1 saturated heterocycles. The van der Waals surface area contributed by atoms with E-state index in [1.54, 1.807) is 23.9 Å². The van der Waals surface area contributed by atoms with E-state index in [0.29, 0.717) is 18.8 Å². The van der Waals surface area contributed by atoms with Gasteiger partial charge in [0.2, 0.25) is 0 Å². The highest BCUT2D eigenvalue weighted by molar-refractivity contribution is 8.00. The molecule has 1 unspecified atom stereocenters. The fourth-order valence-electron chi connectivity index (χ4n) is 1.97. The van der Waals surface area contributed by atoms with Crippen LogP contribution < -0.4 is 0 Å². The molecule has 8 heteroatoms. The molecule has 1 aliphatic heterocycles. The standard InChI is InChI=1S/C11H15NO4S3/c1-19(15,16)10-7-17-5-4-12(10)6-8-2-3-9(18-8)11(13)14/h2-3,10H,4-7H2,1H3,(H,13,14). The number of hydrogen-bond donors (Lipinski definition) is 1. The van der Waals surface area contributed by atoms with Crippen molar-refractivity contribution in [1.82, 2.24) is 4.90 Å². The van der Waals surface area contributed by atoms with Gasteiger partial charge in [-0.3, -0.25) is 4.90 Å². The van der Waals surface area contributed by atoms with Gasteiger partial charge in [-0.1, -0.05) is 0 Å². The predicted molar refractivity (Wildman–Crippen MR) is 77.6 cm³/mol. The van der Waals surface area contributed by atoms with Gasteiger partial charge in [0.25, 0.3) is 0 Å². The van der Waals surface area contributed by atoms with Crippen molar-refractivity contribution < 1.29 is 18.3 Å². The number of sulfone groups is 1.